The number of hydrogen-bond donors (Lipinski definition) is 0. The third-order valence-electron chi connectivity index (χ3n) is 23.9. The van der Waals surface area contributed by atoms with Gasteiger partial charge >= 0.3 is 0 Å². The fraction of sp³-hybridized carbons (Fsp3) is 0.273. The lowest BCUT2D eigenvalue weighted by molar-refractivity contribution is 1.22. The summed E-state index contributed by atoms with van der Waals surface area (Å²) in [5, 5.41) is 16.3. The molecule has 0 atom stereocenters. The van der Waals surface area contributed by atoms with Crippen LogP contribution in [-0.2, 0) is 38.5 Å². The summed E-state index contributed by atoms with van der Waals surface area (Å²) in [7, 11) is 0. The van der Waals surface area contributed by atoms with E-state index in [0.29, 0.717) is 0 Å². The summed E-state index contributed by atoms with van der Waals surface area (Å²) >= 11 is 0. The van der Waals surface area contributed by atoms with E-state index in [2.05, 4.69) is 369 Å². The fourth-order valence-corrected chi connectivity index (χ4v) is 18.6. The molecule has 0 fully saturated rings. The molecule has 0 bridgehead atoms. The molecule has 0 heterocycles. The van der Waals surface area contributed by atoms with Gasteiger partial charge in [0.05, 0.1) is 0 Å². The number of hydrogen-bond acceptors (Lipinski definition) is 0. The summed E-state index contributed by atoms with van der Waals surface area (Å²) in [6.45, 7) is 61.2. The average Bonchev–Trinajstić information content (AvgIpc) is 1.65. The highest BCUT2D eigenvalue weighted by molar-refractivity contribution is 6.05. The Hall–Kier alpha value is -12.5. The molecule has 6 aliphatic rings. The first-order chi connectivity index (χ1) is 65.0. The number of aryl methyl sites for hydroxylation is 6. The molecule has 0 aromatic heterocycles. The van der Waals surface area contributed by atoms with Gasteiger partial charge in [-0.1, -0.05) is 498 Å². The van der Waals surface area contributed by atoms with E-state index in [0.717, 1.165) is 38.5 Å². The van der Waals surface area contributed by atoms with Crippen molar-refractivity contribution in [1.29, 1.82) is 0 Å². The van der Waals surface area contributed by atoms with Crippen molar-refractivity contribution >= 4 is 64.6 Å². The van der Waals surface area contributed by atoms with E-state index in [-0.39, 0.29) is 0 Å². The topological polar surface area (TPSA) is 0 Å². The van der Waals surface area contributed by atoms with Crippen LogP contribution in [0.5, 0.6) is 0 Å². The summed E-state index contributed by atoms with van der Waals surface area (Å²) in [4.78, 5) is 0. The number of fused-ring (bicyclic) bond motifs is 28. The van der Waals surface area contributed by atoms with Gasteiger partial charge in [-0.25, -0.2) is 0 Å². The van der Waals surface area contributed by atoms with E-state index in [1.807, 2.05) is 166 Å². The molecule has 0 heteroatoms. The van der Waals surface area contributed by atoms with Crippen LogP contribution in [0.1, 0.15) is 266 Å². The molecule has 0 saturated heterocycles. The molecule has 132 heavy (non-hydrogen) atoms. The first-order valence-electron chi connectivity index (χ1n) is 50.6. The maximum Gasteiger partial charge on any atom is -0.00106 e. The first kappa shape index (κ1) is 107. The van der Waals surface area contributed by atoms with Crippen LogP contribution in [0.25, 0.3) is 131 Å². The fourth-order valence-electron chi connectivity index (χ4n) is 18.6. The zero-order valence-corrected chi connectivity index (χ0v) is 86.4. The van der Waals surface area contributed by atoms with Crippen molar-refractivity contribution in [3.05, 3.63) is 428 Å². The van der Waals surface area contributed by atoms with Gasteiger partial charge in [-0.3, -0.25) is 0 Å². The molecule has 0 aliphatic heterocycles. The Bertz CT molecular complexity index is 6630. The van der Waals surface area contributed by atoms with E-state index in [4.69, 9.17) is 0 Å². The van der Waals surface area contributed by atoms with Gasteiger partial charge in [0.25, 0.3) is 0 Å². The van der Waals surface area contributed by atoms with E-state index < -0.39 is 0 Å². The van der Waals surface area contributed by atoms with Crippen molar-refractivity contribution in [3.63, 3.8) is 0 Å². The zero-order chi connectivity index (χ0) is 96.7. The van der Waals surface area contributed by atoms with Gasteiger partial charge in [-0.15, -0.1) is 0 Å². The second-order valence-corrected chi connectivity index (χ2v) is 30.8. The molecule has 684 valence electrons. The Morgan fingerprint density at radius 1 is 0.136 bits per heavy atom. The largest absolute Gasteiger partial charge is 0.0683 e. The van der Waals surface area contributed by atoms with Crippen LogP contribution in [0.3, 0.4) is 0 Å². The summed E-state index contributed by atoms with van der Waals surface area (Å²) in [5.74, 6) is 0. The van der Waals surface area contributed by atoms with Crippen LogP contribution in [0.15, 0.2) is 328 Å². The molecule has 24 rings (SSSR count). The highest BCUT2D eigenvalue weighted by Gasteiger charge is 2.27. The molecule has 0 nitrogen and oxygen atoms in total. The number of benzene rings is 18. The zero-order valence-electron chi connectivity index (χ0n) is 86.4. The minimum Gasteiger partial charge on any atom is -0.0683 e. The standard InChI is InChI=1S/6C18H14.12C2H6/c1-12-5-4-7-14-11-15-10-9-13-6-2-3-8-16(13)18(15)17(12)14;1-12-5-4-8-16-17(12)11-15-9-13-6-2-3-7-14(13)10-18(15)16;1-12-5-4-8-16-17(12)11-14-10-9-13-6-2-3-7-15(13)18(14)16;1-12-6-9-17-15(10-12)11-14-8-7-13-4-2-3-5-16(13)18(14)17;1-12-6-7-17-15(8-12)10-16-9-13-4-2-3-5-14(13)11-18(16)17;1-12-6-7-14-11-15-9-8-13-4-2-3-5-16(13)18(15)17(14)10-12;12*1-2/h4*2-10H,11H2,1H3;2-9,11H,10H2,1H3;2-10H,11H2,1H3;12*1-2H3. The van der Waals surface area contributed by atoms with Crippen LogP contribution in [0, 0.1) is 41.5 Å². The Morgan fingerprint density at radius 3 is 0.871 bits per heavy atom. The van der Waals surface area contributed by atoms with Gasteiger partial charge in [-0.2, -0.15) is 0 Å². The molecule has 6 aliphatic carbocycles. The predicted octanol–water partition coefficient (Wildman–Crippen LogP) is 40.6. The molecule has 0 spiro atoms. The van der Waals surface area contributed by atoms with Crippen LogP contribution < -0.4 is 0 Å². The lowest BCUT2D eigenvalue weighted by Crippen LogP contribution is -1.84. The third-order valence-corrected chi connectivity index (χ3v) is 23.9. The minimum atomic E-state index is 1.08. The minimum absolute atomic E-state index is 1.08. The smallest absolute Gasteiger partial charge is 0.00106 e. The Morgan fingerprint density at radius 2 is 0.409 bits per heavy atom. The van der Waals surface area contributed by atoms with Gasteiger partial charge in [0.1, 0.15) is 0 Å². The molecule has 0 N–H and O–H groups in total. The lowest BCUT2D eigenvalue weighted by Gasteiger charge is -2.08. The average molecular weight is 1740 g/mol. The van der Waals surface area contributed by atoms with Crippen molar-refractivity contribution in [2.45, 2.75) is 246 Å². The van der Waals surface area contributed by atoms with Gasteiger partial charge in [0, 0.05) is 0 Å². The molecule has 0 radical (unpaired) electrons. The van der Waals surface area contributed by atoms with Crippen molar-refractivity contribution in [1.82, 2.24) is 0 Å². The van der Waals surface area contributed by atoms with Crippen molar-refractivity contribution in [2.24, 2.45) is 0 Å². The Balaban J connectivity index is 0.000000207. The van der Waals surface area contributed by atoms with Gasteiger partial charge < -0.3 is 0 Å². The quantitative estimate of drug-likeness (QED) is 0.142. The third kappa shape index (κ3) is 23.9. The molecule has 0 amide bonds. The summed E-state index contributed by atoms with van der Waals surface area (Å²) in [6.07, 6.45) is 6.49. The van der Waals surface area contributed by atoms with Gasteiger partial charge in [0.2, 0.25) is 0 Å². The molecule has 18 aromatic carbocycles. The summed E-state index contributed by atoms with van der Waals surface area (Å²) < 4.78 is 0. The van der Waals surface area contributed by atoms with Crippen molar-refractivity contribution in [2.75, 3.05) is 0 Å². The summed E-state index contributed by atoms with van der Waals surface area (Å²) in [5.41, 5.74) is 43.2. The van der Waals surface area contributed by atoms with Gasteiger partial charge in [0.15, 0.2) is 0 Å². The molecule has 18 aromatic rings. The Labute approximate surface area is 799 Å². The summed E-state index contributed by atoms with van der Waals surface area (Å²) in [6, 6.07) is 120. The second kappa shape index (κ2) is 54.4. The van der Waals surface area contributed by atoms with Gasteiger partial charge in [-0.05, 0) is 307 Å². The highest BCUT2D eigenvalue weighted by atomic mass is 14.3. The molecule has 0 saturated carbocycles. The maximum atomic E-state index is 2.35. The van der Waals surface area contributed by atoms with E-state index in [1.165, 1.54) is 232 Å². The monoisotopic (exact) mass is 1740 g/mol. The van der Waals surface area contributed by atoms with E-state index in [9.17, 15) is 0 Å². The SMILES string of the molecule is CC.CC.CC.CC.CC.CC.CC.CC.CC.CC.CC.CC.Cc1ccc2c(c1)-c1c(ccc3ccccc13)C2.Cc1ccc2c(c1)Cc1cc3ccccc3cc1-2.Cc1ccc2c(c1)Cc1ccc3ccccc3c1-2.Cc1cccc2c1-c1c(ccc3ccccc13)C2.Cc1cccc2c1Cc1cc3ccccc3cc1-2.Cc1cccc2c1Cc1ccc3ccccc3c1-2. The lowest BCUT2D eigenvalue weighted by atomic mass is 9.95. The van der Waals surface area contributed by atoms with Crippen LogP contribution in [-0.4, -0.2) is 0 Å². The first-order valence-corrected chi connectivity index (χ1v) is 50.6. The van der Waals surface area contributed by atoms with Crippen molar-refractivity contribution in [3.8, 4) is 66.8 Å². The normalized spacial score (nSPS) is 10.8. The van der Waals surface area contributed by atoms with Crippen molar-refractivity contribution < 1.29 is 0 Å². The van der Waals surface area contributed by atoms with Crippen LogP contribution in [0.4, 0.5) is 0 Å². The maximum absolute atomic E-state index is 2.35. The number of rotatable bonds is 0. The molecule has 0 unspecified atom stereocenters. The molecular weight excluding hydrogens is 1590 g/mol. The van der Waals surface area contributed by atoms with E-state index >= 15 is 0 Å². The Kier molecular flexibility index (Phi) is 43.9. The van der Waals surface area contributed by atoms with Crippen LogP contribution in [0.2, 0.25) is 0 Å². The van der Waals surface area contributed by atoms with E-state index in [1.54, 1.807) is 0 Å². The second-order valence-electron chi connectivity index (χ2n) is 30.8. The molecular formula is C132H156. The predicted molar refractivity (Wildman–Crippen MR) is 598 cm³/mol. The highest BCUT2D eigenvalue weighted by Crippen LogP contribution is 2.48. The van der Waals surface area contributed by atoms with Crippen LogP contribution >= 0.6 is 0 Å².